The van der Waals surface area contributed by atoms with Crippen molar-refractivity contribution in [1.82, 2.24) is 0 Å². The fourth-order valence-corrected chi connectivity index (χ4v) is 1.01. The molecule has 16 heavy (non-hydrogen) atoms. The highest BCUT2D eigenvalue weighted by molar-refractivity contribution is 5.89. The zero-order valence-electron chi connectivity index (χ0n) is 8.67. The van der Waals surface area contributed by atoms with E-state index in [-0.39, 0.29) is 19.2 Å². The van der Waals surface area contributed by atoms with E-state index < -0.39 is 0 Å². The van der Waals surface area contributed by atoms with Crippen molar-refractivity contribution in [3.63, 3.8) is 0 Å². The first-order valence-electron chi connectivity index (χ1n) is 4.77. The SMILES string of the molecule is O=COC/C=C/COC(=O)c1ccccc1. The van der Waals surface area contributed by atoms with Crippen molar-refractivity contribution >= 4 is 12.4 Å². The minimum Gasteiger partial charge on any atom is -0.464 e. The number of hydrogen-bond acceptors (Lipinski definition) is 4. The van der Waals surface area contributed by atoms with Crippen molar-refractivity contribution in [2.75, 3.05) is 13.2 Å². The molecule has 4 heteroatoms. The van der Waals surface area contributed by atoms with Crippen LogP contribution in [0.1, 0.15) is 10.4 Å². The summed E-state index contributed by atoms with van der Waals surface area (Å²) in [6, 6.07) is 8.73. The van der Waals surface area contributed by atoms with E-state index in [0.29, 0.717) is 12.0 Å². The molecule has 0 unspecified atom stereocenters. The Balaban J connectivity index is 2.26. The average molecular weight is 220 g/mol. The maximum absolute atomic E-state index is 11.4. The molecule has 0 radical (unpaired) electrons. The van der Waals surface area contributed by atoms with E-state index in [0.717, 1.165) is 0 Å². The Morgan fingerprint density at radius 1 is 1.12 bits per heavy atom. The van der Waals surface area contributed by atoms with Crippen LogP contribution in [0.15, 0.2) is 42.5 Å². The molecule has 0 atom stereocenters. The average Bonchev–Trinajstić information content (AvgIpc) is 2.34. The summed E-state index contributed by atoms with van der Waals surface area (Å²) in [5, 5.41) is 0. The van der Waals surface area contributed by atoms with E-state index in [1.165, 1.54) is 0 Å². The molecular weight excluding hydrogens is 208 g/mol. The number of esters is 1. The molecule has 4 nitrogen and oxygen atoms in total. The van der Waals surface area contributed by atoms with Crippen LogP contribution in [0.4, 0.5) is 0 Å². The highest BCUT2D eigenvalue weighted by atomic mass is 16.5. The molecule has 0 heterocycles. The lowest BCUT2D eigenvalue weighted by molar-refractivity contribution is -0.127. The van der Waals surface area contributed by atoms with Gasteiger partial charge in [-0.25, -0.2) is 4.79 Å². The smallest absolute Gasteiger partial charge is 0.338 e. The van der Waals surface area contributed by atoms with Crippen molar-refractivity contribution in [3.05, 3.63) is 48.0 Å². The Hall–Kier alpha value is -2.10. The van der Waals surface area contributed by atoms with Gasteiger partial charge in [-0.15, -0.1) is 0 Å². The fraction of sp³-hybridized carbons (Fsp3) is 0.167. The molecule has 0 amide bonds. The molecule has 0 saturated heterocycles. The van der Waals surface area contributed by atoms with Gasteiger partial charge in [0.1, 0.15) is 13.2 Å². The Kier molecular flexibility index (Phi) is 5.41. The summed E-state index contributed by atoms with van der Waals surface area (Å²) in [5.41, 5.74) is 0.514. The van der Waals surface area contributed by atoms with Crippen molar-refractivity contribution in [2.24, 2.45) is 0 Å². The zero-order valence-corrected chi connectivity index (χ0v) is 8.67. The lowest BCUT2D eigenvalue weighted by atomic mass is 10.2. The van der Waals surface area contributed by atoms with Crippen LogP contribution < -0.4 is 0 Å². The molecular formula is C12H12O4. The van der Waals surface area contributed by atoms with Gasteiger partial charge in [-0.2, -0.15) is 0 Å². The van der Waals surface area contributed by atoms with Gasteiger partial charge in [0.25, 0.3) is 6.47 Å². The third kappa shape index (κ3) is 4.41. The van der Waals surface area contributed by atoms with E-state index >= 15 is 0 Å². The Labute approximate surface area is 93.5 Å². The summed E-state index contributed by atoms with van der Waals surface area (Å²) >= 11 is 0. The molecule has 0 N–H and O–H groups in total. The van der Waals surface area contributed by atoms with Crippen molar-refractivity contribution < 1.29 is 19.1 Å². The number of ether oxygens (including phenoxy) is 2. The molecule has 0 aromatic heterocycles. The maximum Gasteiger partial charge on any atom is 0.338 e. The molecule has 0 aliphatic heterocycles. The summed E-state index contributed by atoms with van der Waals surface area (Å²) in [7, 11) is 0. The first kappa shape index (κ1) is 12.0. The number of carbonyl (C=O) groups excluding carboxylic acids is 2. The summed E-state index contributed by atoms with van der Waals surface area (Å²) in [5.74, 6) is -0.374. The molecule has 1 rings (SSSR count). The van der Waals surface area contributed by atoms with Crippen LogP contribution in [0, 0.1) is 0 Å². The Bertz CT molecular complexity index is 357. The van der Waals surface area contributed by atoms with Gasteiger partial charge >= 0.3 is 5.97 Å². The van der Waals surface area contributed by atoms with Crippen LogP contribution in [-0.2, 0) is 14.3 Å². The zero-order chi connectivity index (χ0) is 11.6. The lowest BCUT2D eigenvalue weighted by Crippen LogP contribution is -2.04. The summed E-state index contributed by atoms with van der Waals surface area (Å²) in [4.78, 5) is 21.2. The first-order valence-corrected chi connectivity index (χ1v) is 4.77. The molecule has 0 aliphatic rings. The van der Waals surface area contributed by atoms with E-state index in [9.17, 15) is 9.59 Å². The van der Waals surface area contributed by atoms with Crippen LogP contribution in [0.3, 0.4) is 0 Å². The van der Waals surface area contributed by atoms with Crippen LogP contribution in [0.25, 0.3) is 0 Å². The highest BCUT2D eigenvalue weighted by Crippen LogP contribution is 2.00. The third-order valence-corrected chi connectivity index (χ3v) is 1.75. The van der Waals surface area contributed by atoms with Gasteiger partial charge in [0.05, 0.1) is 5.56 Å². The van der Waals surface area contributed by atoms with Gasteiger partial charge in [0, 0.05) is 0 Å². The number of carbonyl (C=O) groups is 2. The first-order chi connectivity index (χ1) is 7.84. The van der Waals surface area contributed by atoms with Crippen LogP contribution >= 0.6 is 0 Å². The van der Waals surface area contributed by atoms with Gasteiger partial charge in [0.15, 0.2) is 0 Å². The highest BCUT2D eigenvalue weighted by Gasteiger charge is 2.03. The van der Waals surface area contributed by atoms with Gasteiger partial charge in [-0.05, 0) is 24.3 Å². The standard InChI is InChI=1S/C12H12O4/c13-10-15-8-4-5-9-16-12(14)11-6-2-1-3-7-11/h1-7,10H,8-9H2/b5-4+. The third-order valence-electron chi connectivity index (χ3n) is 1.75. The van der Waals surface area contributed by atoms with Gasteiger partial charge in [-0.3, -0.25) is 4.79 Å². The summed E-state index contributed by atoms with van der Waals surface area (Å²) in [6.45, 7) is 0.711. The molecule has 1 aromatic rings. The van der Waals surface area contributed by atoms with Crippen molar-refractivity contribution in [3.8, 4) is 0 Å². The molecule has 0 aliphatic carbocycles. The second-order valence-electron chi connectivity index (χ2n) is 2.87. The lowest BCUT2D eigenvalue weighted by Gasteiger charge is -2.00. The summed E-state index contributed by atoms with van der Waals surface area (Å²) in [6.07, 6.45) is 3.22. The van der Waals surface area contributed by atoms with E-state index in [1.54, 1.807) is 36.4 Å². The predicted molar refractivity (Wildman–Crippen MR) is 57.9 cm³/mol. The van der Waals surface area contributed by atoms with Crippen LogP contribution in [0.2, 0.25) is 0 Å². The predicted octanol–water partition coefficient (Wildman–Crippen LogP) is 1.57. The van der Waals surface area contributed by atoms with E-state index in [2.05, 4.69) is 4.74 Å². The Morgan fingerprint density at radius 2 is 1.81 bits per heavy atom. The van der Waals surface area contributed by atoms with Crippen molar-refractivity contribution in [1.29, 1.82) is 0 Å². The second-order valence-corrected chi connectivity index (χ2v) is 2.87. The molecule has 0 bridgehead atoms. The van der Waals surface area contributed by atoms with Gasteiger partial charge in [0.2, 0.25) is 0 Å². The minimum absolute atomic E-state index is 0.163. The normalized spacial score (nSPS) is 10.0. The van der Waals surface area contributed by atoms with Crippen LogP contribution in [-0.4, -0.2) is 25.7 Å². The summed E-state index contributed by atoms with van der Waals surface area (Å²) < 4.78 is 9.36. The number of benzene rings is 1. The van der Waals surface area contributed by atoms with Crippen LogP contribution in [0.5, 0.6) is 0 Å². The van der Waals surface area contributed by atoms with Gasteiger partial charge < -0.3 is 9.47 Å². The number of hydrogen-bond donors (Lipinski definition) is 0. The fourth-order valence-electron chi connectivity index (χ4n) is 1.01. The molecule has 0 spiro atoms. The largest absolute Gasteiger partial charge is 0.464 e. The maximum atomic E-state index is 11.4. The molecule has 1 aromatic carbocycles. The molecule has 0 saturated carbocycles. The molecule has 0 fully saturated rings. The van der Waals surface area contributed by atoms with E-state index in [4.69, 9.17) is 4.74 Å². The quantitative estimate of drug-likeness (QED) is 0.316. The monoisotopic (exact) mass is 220 g/mol. The van der Waals surface area contributed by atoms with Crippen molar-refractivity contribution in [2.45, 2.75) is 0 Å². The topological polar surface area (TPSA) is 52.6 Å². The molecule has 84 valence electrons. The van der Waals surface area contributed by atoms with E-state index in [1.807, 2.05) is 6.07 Å². The van der Waals surface area contributed by atoms with Gasteiger partial charge in [-0.1, -0.05) is 18.2 Å². The minimum atomic E-state index is -0.374. The Morgan fingerprint density at radius 3 is 2.50 bits per heavy atom. The second kappa shape index (κ2) is 7.23. The number of rotatable bonds is 6.